The van der Waals surface area contributed by atoms with Gasteiger partial charge in [-0.15, -0.1) is 0 Å². The van der Waals surface area contributed by atoms with E-state index in [0.717, 1.165) is 0 Å². The number of carbonyl (C=O) groups excluding carboxylic acids is 1. The van der Waals surface area contributed by atoms with E-state index in [4.69, 9.17) is 4.74 Å². The van der Waals surface area contributed by atoms with Gasteiger partial charge < -0.3 is 9.84 Å². The molecular formula is C16H18N2O3. The lowest BCUT2D eigenvalue weighted by Gasteiger charge is -2.13. The topological polar surface area (TPSA) is 70.6 Å². The second-order valence-electron chi connectivity index (χ2n) is 4.48. The second-order valence-corrected chi connectivity index (χ2v) is 4.48. The Morgan fingerprint density at radius 1 is 1.05 bits per heavy atom. The van der Waals surface area contributed by atoms with Crippen LogP contribution in [0.25, 0.3) is 0 Å². The average Bonchev–Trinajstić information content (AvgIpc) is 2.54. The van der Waals surface area contributed by atoms with E-state index < -0.39 is 6.10 Å². The molecule has 3 N–H and O–H groups in total. The first-order valence-corrected chi connectivity index (χ1v) is 6.70. The molecule has 0 unspecified atom stereocenters. The first kappa shape index (κ1) is 15.0. The number of amides is 1. The zero-order valence-electron chi connectivity index (χ0n) is 11.5. The summed E-state index contributed by atoms with van der Waals surface area (Å²) >= 11 is 0. The first-order chi connectivity index (χ1) is 10.3. The maximum Gasteiger partial charge on any atom is 0.265 e. The molecule has 5 nitrogen and oxygen atoms in total. The highest BCUT2D eigenvalue weighted by Gasteiger charge is 2.07. The molecule has 2 aromatic carbocycles. The summed E-state index contributed by atoms with van der Waals surface area (Å²) in [5.74, 6) is 0.455. The summed E-state index contributed by atoms with van der Waals surface area (Å²) in [5.41, 5.74) is 5.77. The minimum absolute atomic E-state index is 0.151. The van der Waals surface area contributed by atoms with Crippen LogP contribution in [-0.2, 0) is 0 Å². The molecule has 5 heteroatoms. The Hall–Kier alpha value is -2.37. The van der Waals surface area contributed by atoms with Gasteiger partial charge in [0.05, 0.1) is 0 Å². The van der Waals surface area contributed by atoms with Crippen molar-refractivity contribution in [3.8, 4) is 5.75 Å². The van der Waals surface area contributed by atoms with Crippen LogP contribution in [0.15, 0.2) is 60.7 Å². The number of benzene rings is 2. The van der Waals surface area contributed by atoms with Crippen molar-refractivity contribution >= 4 is 5.91 Å². The van der Waals surface area contributed by atoms with E-state index >= 15 is 0 Å². The number of aliphatic hydroxyl groups is 1. The molecule has 21 heavy (non-hydrogen) atoms. The maximum absolute atomic E-state index is 11.7. The van der Waals surface area contributed by atoms with E-state index in [1.807, 2.05) is 36.4 Å². The molecule has 0 fully saturated rings. The summed E-state index contributed by atoms with van der Waals surface area (Å²) in [6.07, 6.45) is -0.721. The summed E-state index contributed by atoms with van der Waals surface area (Å²) in [7, 11) is 0. The van der Waals surface area contributed by atoms with E-state index in [0.29, 0.717) is 11.3 Å². The SMILES string of the molecule is O=C(NNC[C@@H](O)COc1ccccc1)c1ccccc1. The quantitative estimate of drug-likeness (QED) is 0.672. The molecule has 110 valence electrons. The fraction of sp³-hybridized carbons (Fsp3) is 0.188. The molecule has 0 saturated carbocycles. The molecule has 0 bridgehead atoms. The Balaban J connectivity index is 1.65. The third-order valence-corrected chi connectivity index (χ3v) is 2.76. The van der Waals surface area contributed by atoms with Crippen molar-refractivity contribution in [2.24, 2.45) is 0 Å². The van der Waals surface area contributed by atoms with Gasteiger partial charge in [-0.1, -0.05) is 36.4 Å². The Labute approximate surface area is 123 Å². The molecule has 1 amide bonds. The smallest absolute Gasteiger partial charge is 0.265 e. The van der Waals surface area contributed by atoms with Crippen molar-refractivity contribution in [2.45, 2.75) is 6.10 Å². The number of para-hydroxylation sites is 1. The normalized spacial score (nSPS) is 11.7. The Bertz CT molecular complexity index is 546. The van der Waals surface area contributed by atoms with Crippen molar-refractivity contribution in [1.29, 1.82) is 0 Å². The highest BCUT2D eigenvalue weighted by molar-refractivity contribution is 5.93. The summed E-state index contributed by atoms with van der Waals surface area (Å²) in [6.45, 7) is 0.351. The van der Waals surface area contributed by atoms with E-state index in [-0.39, 0.29) is 19.1 Å². The van der Waals surface area contributed by atoms with Crippen LogP contribution in [-0.4, -0.2) is 30.3 Å². The van der Waals surface area contributed by atoms with E-state index in [1.54, 1.807) is 24.3 Å². The summed E-state index contributed by atoms with van der Waals surface area (Å²) < 4.78 is 5.41. The van der Waals surface area contributed by atoms with Crippen molar-refractivity contribution in [3.63, 3.8) is 0 Å². The van der Waals surface area contributed by atoms with Crippen LogP contribution < -0.4 is 15.6 Å². The van der Waals surface area contributed by atoms with Crippen LogP contribution >= 0.6 is 0 Å². The summed E-state index contributed by atoms with van der Waals surface area (Å²) in [6, 6.07) is 18.1. The maximum atomic E-state index is 11.7. The molecule has 0 spiro atoms. The van der Waals surface area contributed by atoms with Crippen LogP contribution in [0.5, 0.6) is 5.75 Å². The highest BCUT2D eigenvalue weighted by Crippen LogP contribution is 2.08. The third kappa shape index (κ3) is 5.25. The number of carbonyl (C=O) groups is 1. The van der Waals surface area contributed by atoms with Gasteiger partial charge in [-0.2, -0.15) is 0 Å². The van der Waals surface area contributed by atoms with E-state index in [2.05, 4.69) is 10.9 Å². The summed E-state index contributed by atoms with van der Waals surface area (Å²) in [4.78, 5) is 11.7. The van der Waals surface area contributed by atoms with Crippen molar-refractivity contribution in [1.82, 2.24) is 10.9 Å². The molecule has 2 rings (SSSR count). The van der Waals surface area contributed by atoms with Crippen molar-refractivity contribution in [3.05, 3.63) is 66.2 Å². The molecule has 0 radical (unpaired) electrons. The van der Waals surface area contributed by atoms with Gasteiger partial charge in [0.2, 0.25) is 0 Å². The standard InChI is InChI=1S/C16H18N2O3/c19-14(12-21-15-9-5-2-6-10-15)11-17-18-16(20)13-7-3-1-4-8-13/h1-10,14,17,19H,11-12H2,(H,18,20)/t14-/m1/s1. The van der Waals surface area contributed by atoms with Gasteiger partial charge in [-0.25, -0.2) is 5.43 Å². The van der Waals surface area contributed by atoms with Crippen LogP contribution in [0.4, 0.5) is 0 Å². The monoisotopic (exact) mass is 286 g/mol. The fourth-order valence-corrected chi connectivity index (χ4v) is 1.68. The third-order valence-electron chi connectivity index (χ3n) is 2.76. The number of hydrogen-bond donors (Lipinski definition) is 3. The van der Waals surface area contributed by atoms with Gasteiger partial charge in [0.25, 0.3) is 5.91 Å². The average molecular weight is 286 g/mol. The van der Waals surface area contributed by atoms with Crippen LogP contribution in [0.3, 0.4) is 0 Å². The number of hydrazine groups is 1. The molecule has 1 atom stereocenters. The Morgan fingerprint density at radius 2 is 1.67 bits per heavy atom. The zero-order chi connectivity index (χ0) is 14.9. The lowest BCUT2D eigenvalue weighted by atomic mass is 10.2. The zero-order valence-corrected chi connectivity index (χ0v) is 11.5. The van der Waals surface area contributed by atoms with Gasteiger partial charge >= 0.3 is 0 Å². The van der Waals surface area contributed by atoms with Crippen LogP contribution in [0, 0.1) is 0 Å². The van der Waals surface area contributed by atoms with E-state index in [9.17, 15) is 9.90 Å². The largest absolute Gasteiger partial charge is 0.491 e. The highest BCUT2D eigenvalue weighted by atomic mass is 16.5. The Morgan fingerprint density at radius 3 is 2.33 bits per heavy atom. The van der Waals surface area contributed by atoms with E-state index in [1.165, 1.54) is 0 Å². The number of hydrogen-bond acceptors (Lipinski definition) is 4. The number of nitrogens with one attached hydrogen (secondary N) is 2. The first-order valence-electron chi connectivity index (χ1n) is 6.70. The predicted molar refractivity (Wildman–Crippen MR) is 79.9 cm³/mol. The number of ether oxygens (including phenoxy) is 1. The molecular weight excluding hydrogens is 268 g/mol. The van der Waals surface area contributed by atoms with Crippen molar-refractivity contribution < 1.29 is 14.6 Å². The molecule has 0 saturated heterocycles. The van der Waals surface area contributed by atoms with Gasteiger partial charge in [0.1, 0.15) is 18.5 Å². The van der Waals surface area contributed by atoms with Gasteiger partial charge in [-0.05, 0) is 24.3 Å². The molecule has 0 aliphatic heterocycles. The molecule has 2 aromatic rings. The Kier molecular flexibility index (Phi) is 5.75. The lowest BCUT2D eigenvalue weighted by Crippen LogP contribution is -2.43. The summed E-state index contributed by atoms with van der Waals surface area (Å²) in [5, 5.41) is 9.76. The van der Waals surface area contributed by atoms with Crippen LogP contribution in [0.1, 0.15) is 10.4 Å². The molecule has 0 heterocycles. The van der Waals surface area contributed by atoms with Gasteiger partial charge in [0.15, 0.2) is 0 Å². The van der Waals surface area contributed by atoms with Gasteiger partial charge in [-0.3, -0.25) is 10.2 Å². The number of aliphatic hydroxyl groups excluding tert-OH is 1. The predicted octanol–water partition coefficient (Wildman–Crippen LogP) is 1.36. The molecule has 0 aromatic heterocycles. The molecule has 0 aliphatic carbocycles. The fourth-order valence-electron chi connectivity index (χ4n) is 1.68. The minimum atomic E-state index is -0.721. The second kappa shape index (κ2) is 8.04. The minimum Gasteiger partial charge on any atom is -0.491 e. The van der Waals surface area contributed by atoms with Crippen molar-refractivity contribution in [2.75, 3.05) is 13.2 Å². The van der Waals surface area contributed by atoms with Crippen LogP contribution in [0.2, 0.25) is 0 Å². The van der Waals surface area contributed by atoms with Gasteiger partial charge in [0, 0.05) is 12.1 Å². The number of rotatable bonds is 7. The molecule has 0 aliphatic rings. The lowest BCUT2D eigenvalue weighted by molar-refractivity contribution is 0.0866.